The normalized spacial score (nSPS) is 32.6. The number of guanidine groups is 1. The van der Waals surface area contributed by atoms with Crippen molar-refractivity contribution >= 4 is 5.96 Å². The molecule has 5 nitrogen and oxygen atoms in total. The first-order chi connectivity index (χ1) is 13.8. The number of hydrogen-bond acceptors (Lipinski definition) is 3. The summed E-state index contributed by atoms with van der Waals surface area (Å²) in [6.07, 6.45) is 2.09. The van der Waals surface area contributed by atoms with Gasteiger partial charge in [0.2, 0.25) is 0 Å². The van der Waals surface area contributed by atoms with Crippen molar-refractivity contribution in [3.63, 3.8) is 0 Å². The summed E-state index contributed by atoms with van der Waals surface area (Å²) < 4.78 is 42.3. The van der Waals surface area contributed by atoms with Crippen molar-refractivity contribution in [3.8, 4) is 5.75 Å². The number of hydrogen-bond donors (Lipinski definition) is 2. The highest BCUT2D eigenvalue weighted by molar-refractivity contribution is 5.81. The van der Waals surface area contributed by atoms with Crippen LogP contribution in [0.2, 0.25) is 0 Å². The van der Waals surface area contributed by atoms with E-state index in [2.05, 4.69) is 32.3 Å². The van der Waals surface area contributed by atoms with E-state index < -0.39 is 6.36 Å². The van der Waals surface area contributed by atoms with Gasteiger partial charge < -0.3 is 20.3 Å². The van der Waals surface area contributed by atoms with Crippen LogP contribution in [0.4, 0.5) is 13.2 Å². The summed E-state index contributed by atoms with van der Waals surface area (Å²) >= 11 is 0. The first kappa shape index (κ1) is 20.3. The quantitative estimate of drug-likeness (QED) is 0.588. The molecular formula is C21H29F3N4O. The summed E-state index contributed by atoms with van der Waals surface area (Å²) in [5.41, 5.74) is 0.589. The lowest BCUT2D eigenvalue weighted by Crippen LogP contribution is -2.56. The van der Waals surface area contributed by atoms with E-state index in [1.165, 1.54) is 25.3 Å². The lowest BCUT2D eigenvalue weighted by atomic mass is 9.82. The Labute approximate surface area is 169 Å². The van der Waals surface area contributed by atoms with Gasteiger partial charge in [-0.2, -0.15) is 0 Å². The summed E-state index contributed by atoms with van der Waals surface area (Å²) in [7, 11) is 3.97. The van der Waals surface area contributed by atoms with Crippen molar-refractivity contribution in [2.45, 2.75) is 75.0 Å². The maximum Gasteiger partial charge on any atom is 0.573 e. The van der Waals surface area contributed by atoms with Crippen LogP contribution < -0.4 is 15.4 Å². The van der Waals surface area contributed by atoms with Crippen LogP contribution in [0.3, 0.4) is 0 Å². The third-order valence-corrected chi connectivity index (χ3v) is 6.56. The van der Waals surface area contributed by atoms with Crippen molar-refractivity contribution in [2.75, 3.05) is 14.1 Å². The minimum atomic E-state index is -4.68. The number of ether oxygens (including phenoxy) is 1. The highest BCUT2D eigenvalue weighted by atomic mass is 19.4. The standard InChI is InChI=1S/C21H29F3N4O/c1-25-20(26-13-10-14-6-5-7-15(11-13)28(14)2)27-18-12-17(18)16-8-3-4-9-19(16)29-21(22,23)24/h3-4,8-9,13-15,17-18H,5-7,10-12H2,1-2H3,(H2,25,26,27). The van der Waals surface area contributed by atoms with E-state index in [0.717, 1.165) is 25.2 Å². The smallest absolute Gasteiger partial charge is 0.405 e. The van der Waals surface area contributed by atoms with Crippen LogP contribution in [0.25, 0.3) is 0 Å². The van der Waals surface area contributed by atoms with Crippen LogP contribution in [0, 0.1) is 0 Å². The zero-order valence-corrected chi connectivity index (χ0v) is 16.9. The van der Waals surface area contributed by atoms with Crippen LogP contribution >= 0.6 is 0 Å². The van der Waals surface area contributed by atoms with Crippen molar-refractivity contribution in [1.29, 1.82) is 0 Å². The summed E-state index contributed by atoms with van der Waals surface area (Å²) in [5.74, 6) is 0.615. The molecular weight excluding hydrogens is 381 g/mol. The average molecular weight is 410 g/mol. The number of piperidine rings is 2. The van der Waals surface area contributed by atoms with Crippen LogP contribution in [0.5, 0.6) is 5.75 Å². The molecule has 8 heteroatoms. The maximum absolute atomic E-state index is 12.7. The minimum Gasteiger partial charge on any atom is -0.405 e. The molecule has 160 valence electrons. The molecule has 2 saturated heterocycles. The molecule has 3 fully saturated rings. The molecule has 0 amide bonds. The molecule has 2 N–H and O–H groups in total. The number of benzene rings is 1. The monoisotopic (exact) mass is 410 g/mol. The lowest BCUT2D eigenvalue weighted by Gasteiger charge is -2.47. The van der Waals surface area contributed by atoms with Gasteiger partial charge in [0.25, 0.3) is 0 Å². The molecule has 0 radical (unpaired) electrons. The fourth-order valence-electron chi connectivity index (χ4n) is 4.98. The molecule has 4 atom stereocenters. The van der Waals surface area contributed by atoms with Gasteiger partial charge in [-0.05, 0) is 50.8 Å². The Hall–Kier alpha value is -1.96. The molecule has 0 spiro atoms. The van der Waals surface area contributed by atoms with Gasteiger partial charge in [-0.15, -0.1) is 13.2 Å². The molecule has 1 aromatic carbocycles. The number of nitrogens with zero attached hydrogens (tertiary/aromatic N) is 2. The van der Waals surface area contributed by atoms with Gasteiger partial charge in [-0.25, -0.2) is 0 Å². The summed E-state index contributed by atoms with van der Waals surface area (Å²) in [5, 5.41) is 6.94. The van der Waals surface area contributed by atoms with Crippen LogP contribution in [0.1, 0.15) is 50.0 Å². The zero-order chi connectivity index (χ0) is 20.6. The highest BCUT2D eigenvalue weighted by Gasteiger charge is 2.43. The van der Waals surface area contributed by atoms with Crippen molar-refractivity contribution < 1.29 is 17.9 Å². The second-order valence-electron chi connectivity index (χ2n) is 8.47. The summed E-state index contributed by atoms with van der Waals surface area (Å²) in [6.45, 7) is 0. The maximum atomic E-state index is 12.7. The molecule has 4 rings (SSSR count). The molecule has 2 bridgehead atoms. The number of halogens is 3. The highest BCUT2D eigenvalue weighted by Crippen LogP contribution is 2.45. The Morgan fingerprint density at radius 1 is 1.10 bits per heavy atom. The number of fused-ring (bicyclic) bond motifs is 2. The topological polar surface area (TPSA) is 48.9 Å². The fourth-order valence-corrected chi connectivity index (χ4v) is 4.98. The van der Waals surface area contributed by atoms with Gasteiger partial charge in [0, 0.05) is 37.1 Å². The number of aliphatic imine (C=N–C) groups is 1. The van der Waals surface area contributed by atoms with E-state index in [4.69, 9.17) is 0 Å². The van der Waals surface area contributed by atoms with E-state index in [9.17, 15) is 13.2 Å². The van der Waals surface area contributed by atoms with Gasteiger partial charge in [-0.1, -0.05) is 24.6 Å². The Kier molecular flexibility index (Phi) is 5.64. The number of alkyl halides is 3. The van der Waals surface area contributed by atoms with Crippen molar-refractivity contribution in [3.05, 3.63) is 29.8 Å². The number of para-hydroxylation sites is 1. The third kappa shape index (κ3) is 4.79. The molecule has 1 aromatic rings. The Morgan fingerprint density at radius 3 is 2.45 bits per heavy atom. The lowest BCUT2D eigenvalue weighted by molar-refractivity contribution is -0.274. The van der Waals surface area contributed by atoms with Gasteiger partial charge in [0.15, 0.2) is 5.96 Å². The first-order valence-electron chi connectivity index (χ1n) is 10.4. The zero-order valence-electron chi connectivity index (χ0n) is 16.9. The Bertz CT molecular complexity index is 740. The van der Waals surface area contributed by atoms with Gasteiger partial charge in [-0.3, -0.25) is 4.99 Å². The van der Waals surface area contributed by atoms with Crippen LogP contribution in [-0.2, 0) is 0 Å². The van der Waals surface area contributed by atoms with Gasteiger partial charge in [0.05, 0.1) is 0 Å². The van der Waals surface area contributed by atoms with E-state index in [0.29, 0.717) is 23.7 Å². The molecule has 4 unspecified atom stereocenters. The van der Waals surface area contributed by atoms with Crippen LogP contribution in [-0.4, -0.2) is 55.5 Å². The molecule has 1 aliphatic carbocycles. The Balaban J connectivity index is 1.35. The van der Waals surface area contributed by atoms with E-state index in [1.807, 2.05) is 0 Å². The molecule has 0 aromatic heterocycles. The number of nitrogens with one attached hydrogen (secondary N) is 2. The molecule has 29 heavy (non-hydrogen) atoms. The summed E-state index contributed by atoms with van der Waals surface area (Å²) in [6, 6.07) is 8.09. The Morgan fingerprint density at radius 2 is 1.79 bits per heavy atom. The molecule has 2 aliphatic heterocycles. The fraction of sp³-hybridized carbons (Fsp3) is 0.667. The van der Waals surface area contributed by atoms with Crippen molar-refractivity contribution in [1.82, 2.24) is 15.5 Å². The predicted molar refractivity (Wildman–Crippen MR) is 106 cm³/mol. The average Bonchev–Trinajstić information content (AvgIpc) is 3.40. The van der Waals surface area contributed by atoms with E-state index in [-0.39, 0.29) is 17.7 Å². The first-order valence-corrected chi connectivity index (χ1v) is 10.4. The largest absolute Gasteiger partial charge is 0.573 e. The second kappa shape index (κ2) is 8.05. The predicted octanol–water partition coefficient (Wildman–Crippen LogP) is 3.62. The second-order valence-corrected chi connectivity index (χ2v) is 8.47. The molecule has 2 heterocycles. The van der Waals surface area contributed by atoms with Gasteiger partial charge >= 0.3 is 6.36 Å². The SMILES string of the molecule is CN=C(NC1CC2CCCC(C1)N2C)NC1CC1c1ccccc1OC(F)(F)F. The third-order valence-electron chi connectivity index (χ3n) is 6.56. The summed E-state index contributed by atoms with van der Waals surface area (Å²) in [4.78, 5) is 6.87. The molecule has 1 saturated carbocycles. The van der Waals surface area contributed by atoms with Crippen LogP contribution in [0.15, 0.2) is 29.3 Å². The minimum absolute atomic E-state index is 0.0102. The van der Waals surface area contributed by atoms with E-state index >= 15 is 0 Å². The molecule has 3 aliphatic rings. The van der Waals surface area contributed by atoms with Crippen molar-refractivity contribution in [2.24, 2.45) is 4.99 Å². The van der Waals surface area contributed by atoms with E-state index in [1.54, 1.807) is 25.2 Å². The van der Waals surface area contributed by atoms with Gasteiger partial charge in [0.1, 0.15) is 5.75 Å². The number of rotatable bonds is 4.